The summed E-state index contributed by atoms with van der Waals surface area (Å²) in [6.07, 6.45) is 0.593. The van der Waals surface area contributed by atoms with Gasteiger partial charge in [0.2, 0.25) is 0 Å². The SMILES string of the molecule is O=C(c1ccc2c(c1)C(=O)N(Cc1ccccc1)C2=O)N1CCc2c(noc2-c2ccc(Cl)cc2)C1. The first-order valence-corrected chi connectivity index (χ1v) is 11.9. The summed E-state index contributed by atoms with van der Waals surface area (Å²) < 4.78 is 5.61. The molecule has 0 saturated carbocycles. The third-order valence-corrected chi connectivity index (χ3v) is 6.89. The Bertz CT molecular complexity index is 1510. The molecule has 8 heteroatoms. The fourth-order valence-electron chi connectivity index (χ4n) is 4.75. The van der Waals surface area contributed by atoms with Crippen LogP contribution in [0.25, 0.3) is 11.3 Å². The molecule has 3 heterocycles. The van der Waals surface area contributed by atoms with Crippen LogP contribution in [0.15, 0.2) is 77.3 Å². The molecule has 0 fully saturated rings. The van der Waals surface area contributed by atoms with E-state index in [0.29, 0.717) is 47.1 Å². The van der Waals surface area contributed by atoms with Gasteiger partial charge >= 0.3 is 0 Å². The Morgan fingerprint density at radius 2 is 1.69 bits per heavy atom. The Kier molecular flexibility index (Phi) is 5.42. The van der Waals surface area contributed by atoms with Crippen molar-refractivity contribution in [1.29, 1.82) is 0 Å². The van der Waals surface area contributed by atoms with E-state index < -0.39 is 5.91 Å². The molecule has 178 valence electrons. The molecule has 0 N–H and O–H groups in total. The fourth-order valence-corrected chi connectivity index (χ4v) is 4.87. The lowest BCUT2D eigenvalue weighted by molar-refractivity contribution is 0.0641. The maximum atomic E-state index is 13.3. The maximum Gasteiger partial charge on any atom is 0.261 e. The zero-order valence-electron chi connectivity index (χ0n) is 19.1. The molecule has 1 aromatic heterocycles. The molecule has 0 atom stereocenters. The maximum absolute atomic E-state index is 13.3. The van der Waals surface area contributed by atoms with Gasteiger partial charge in [0.1, 0.15) is 5.69 Å². The van der Waals surface area contributed by atoms with E-state index in [2.05, 4.69) is 5.16 Å². The summed E-state index contributed by atoms with van der Waals surface area (Å²) >= 11 is 5.99. The number of imide groups is 1. The second-order valence-corrected chi connectivity index (χ2v) is 9.30. The Morgan fingerprint density at radius 3 is 2.47 bits per heavy atom. The van der Waals surface area contributed by atoms with Gasteiger partial charge in [-0.1, -0.05) is 47.1 Å². The predicted octanol–water partition coefficient (Wildman–Crippen LogP) is 4.99. The minimum Gasteiger partial charge on any atom is -0.356 e. The van der Waals surface area contributed by atoms with Crippen molar-refractivity contribution in [3.8, 4) is 11.3 Å². The zero-order chi connectivity index (χ0) is 24.8. The highest BCUT2D eigenvalue weighted by Crippen LogP contribution is 2.32. The largest absolute Gasteiger partial charge is 0.356 e. The van der Waals surface area contributed by atoms with Crippen LogP contribution in [0.2, 0.25) is 5.02 Å². The lowest BCUT2D eigenvalue weighted by Gasteiger charge is -2.26. The molecule has 2 aliphatic rings. The molecule has 3 aromatic carbocycles. The monoisotopic (exact) mass is 497 g/mol. The average molecular weight is 498 g/mol. The Morgan fingerprint density at radius 1 is 0.944 bits per heavy atom. The number of hydrogen-bond acceptors (Lipinski definition) is 5. The van der Waals surface area contributed by atoms with Gasteiger partial charge in [-0.15, -0.1) is 0 Å². The number of aromatic nitrogens is 1. The highest BCUT2D eigenvalue weighted by molar-refractivity contribution is 6.30. The Hall–Kier alpha value is -4.23. The van der Waals surface area contributed by atoms with Crippen LogP contribution in [0, 0.1) is 0 Å². The van der Waals surface area contributed by atoms with Crippen LogP contribution in [-0.2, 0) is 19.5 Å². The molecule has 3 amide bonds. The van der Waals surface area contributed by atoms with Crippen molar-refractivity contribution in [2.24, 2.45) is 0 Å². The fraction of sp³-hybridized carbons (Fsp3) is 0.143. The number of carbonyl (C=O) groups excluding carboxylic acids is 3. The number of amides is 3. The van der Waals surface area contributed by atoms with Crippen molar-refractivity contribution in [3.05, 3.63) is 111 Å². The van der Waals surface area contributed by atoms with Gasteiger partial charge in [0.25, 0.3) is 17.7 Å². The van der Waals surface area contributed by atoms with Crippen molar-refractivity contribution < 1.29 is 18.9 Å². The molecule has 4 aromatic rings. The Balaban J connectivity index is 1.21. The van der Waals surface area contributed by atoms with Gasteiger partial charge in [0.15, 0.2) is 5.76 Å². The van der Waals surface area contributed by atoms with Crippen molar-refractivity contribution in [2.45, 2.75) is 19.5 Å². The summed E-state index contributed by atoms with van der Waals surface area (Å²) in [7, 11) is 0. The number of nitrogens with zero attached hydrogens (tertiary/aromatic N) is 3. The molecule has 2 aliphatic heterocycles. The molecule has 6 rings (SSSR count). The van der Waals surface area contributed by atoms with Gasteiger partial charge in [-0.05, 0) is 54.4 Å². The summed E-state index contributed by atoms with van der Waals surface area (Å²) in [5, 5.41) is 4.84. The quantitative estimate of drug-likeness (QED) is 0.371. The minimum absolute atomic E-state index is 0.188. The number of halogens is 1. The first kappa shape index (κ1) is 22.2. The molecule has 0 bridgehead atoms. The molecule has 0 radical (unpaired) electrons. The highest BCUT2D eigenvalue weighted by Gasteiger charge is 2.36. The standard InChI is InChI=1S/C28H20ClN3O4/c29-20-9-6-18(7-10-20)25-22-12-13-31(16-24(22)30-36-25)26(33)19-8-11-21-23(14-19)28(35)32(27(21)34)15-17-4-2-1-3-5-17/h1-11,14H,12-13,15-16H2. The first-order valence-electron chi connectivity index (χ1n) is 11.6. The normalized spacial score (nSPS) is 14.7. The van der Waals surface area contributed by atoms with Crippen LogP contribution in [0.4, 0.5) is 0 Å². The molecule has 36 heavy (non-hydrogen) atoms. The van der Waals surface area contributed by atoms with E-state index in [1.54, 1.807) is 29.2 Å². The molecule has 0 unspecified atom stereocenters. The molecule has 0 spiro atoms. The first-order chi connectivity index (χ1) is 17.5. The van der Waals surface area contributed by atoms with Crippen molar-refractivity contribution in [2.75, 3.05) is 6.54 Å². The van der Waals surface area contributed by atoms with Gasteiger partial charge in [0, 0.05) is 28.3 Å². The van der Waals surface area contributed by atoms with Gasteiger partial charge in [0.05, 0.1) is 24.2 Å². The van der Waals surface area contributed by atoms with Crippen LogP contribution in [0.3, 0.4) is 0 Å². The van der Waals surface area contributed by atoms with E-state index in [4.69, 9.17) is 16.1 Å². The van der Waals surface area contributed by atoms with E-state index in [1.807, 2.05) is 42.5 Å². The molecule has 0 saturated heterocycles. The molecular formula is C28H20ClN3O4. The van der Waals surface area contributed by atoms with E-state index in [9.17, 15) is 14.4 Å². The average Bonchev–Trinajstić information content (AvgIpc) is 3.43. The highest BCUT2D eigenvalue weighted by atomic mass is 35.5. The predicted molar refractivity (Wildman–Crippen MR) is 132 cm³/mol. The molecule has 7 nitrogen and oxygen atoms in total. The van der Waals surface area contributed by atoms with Gasteiger partial charge < -0.3 is 9.42 Å². The minimum atomic E-state index is -0.390. The van der Waals surface area contributed by atoms with Crippen molar-refractivity contribution in [3.63, 3.8) is 0 Å². The van der Waals surface area contributed by atoms with Gasteiger partial charge in [-0.25, -0.2) is 0 Å². The molecule has 0 aliphatic carbocycles. The number of hydrogen-bond donors (Lipinski definition) is 0. The number of rotatable bonds is 4. The second-order valence-electron chi connectivity index (χ2n) is 8.86. The van der Waals surface area contributed by atoms with Crippen LogP contribution >= 0.6 is 11.6 Å². The van der Waals surface area contributed by atoms with Gasteiger partial charge in [-0.3, -0.25) is 19.3 Å². The summed E-state index contributed by atoms with van der Waals surface area (Å²) in [6.45, 7) is 0.973. The van der Waals surface area contributed by atoms with Crippen LogP contribution in [0.5, 0.6) is 0 Å². The van der Waals surface area contributed by atoms with E-state index in [1.165, 1.54) is 11.0 Å². The summed E-state index contributed by atoms with van der Waals surface area (Å²) in [4.78, 5) is 42.1. The van der Waals surface area contributed by atoms with Crippen molar-refractivity contribution >= 4 is 29.3 Å². The summed E-state index contributed by atoms with van der Waals surface area (Å²) in [5.74, 6) is -0.272. The number of fused-ring (bicyclic) bond motifs is 2. The summed E-state index contributed by atoms with van der Waals surface area (Å²) in [5.41, 5.74) is 4.37. The lowest BCUT2D eigenvalue weighted by atomic mass is 9.99. The van der Waals surface area contributed by atoms with Crippen molar-refractivity contribution in [1.82, 2.24) is 15.0 Å². The number of carbonyl (C=O) groups is 3. The topological polar surface area (TPSA) is 83.7 Å². The second kappa shape index (κ2) is 8.77. The van der Waals surface area contributed by atoms with Crippen LogP contribution in [-0.4, -0.2) is 39.2 Å². The third-order valence-electron chi connectivity index (χ3n) is 6.64. The van der Waals surface area contributed by atoms with E-state index in [-0.39, 0.29) is 23.9 Å². The summed E-state index contributed by atoms with van der Waals surface area (Å²) in [6, 6.07) is 21.4. The smallest absolute Gasteiger partial charge is 0.261 e. The Labute approximate surface area is 211 Å². The third kappa shape index (κ3) is 3.78. The zero-order valence-corrected chi connectivity index (χ0v) is 19.9. The van der Waals surface area contributed by atoms with E-state index in [0.717, 1.165) is 16.7 Å². The lowest BCUT2D eigenvalue weighted by Crippen LogP contribution is -2.36. The van der Waals surface area contributed by atoms with Gasteiger partial charge in [-0.2, -0.15) is 0 Å². The molecular weight excluding hydrogens is 478 g/mol. The van der Waals surface area contributed by atoms with Crippen LogP contribution < -0.4 is 0 Å². The van der Waals surface area contributed by atoms with Crippen LogP contribution in [0.1, 0.15) is 47.9 Å². The number of benzene rings is 3. The van der Waals surface area contributed by atoms with E-state index >= 15 is 0 Å².